The summed E-state index contributed by atoms with van der Waals surface area (Å²) < 4.78 is 18.4. The molecule has 1 aliphatic carbocycles. The van der Waals surface area contributed by atoms with Crippen molar-refractivity contribution in [3.05, 3.63) is 59.9 Å². The fraction of sp³-hybridized carbons (Fsp3) is 0.360. The molecule has 0 bridgehead atoms. The Labute approximate surface area is 202 Å². The summed E-state index contributed by atoms with van der Waals surface area (Å²) in [5.41, 5.74) is -0.219. The molecule has 1 fully saturated rings. The van der Waals surface area contributed by atoms with Crippen molar-refractivity contribution in [2.45, 2.75) is 55.6 Å². The lowest BCUT2D eigenvalue weighted by Gasteiger charge is -2.32. The molecule has 0 spiro atoms. The van der Waals surface area contributed by atoms with E-state index in [1.54, 1.807) is 24.3 Å². The third-order valence-corrected chi connectivity index (χ3v) is 6.60. The molecule has 1 atom stereocenters. The molecule has 9 heteroatoms. The summed E-state index contributed by atoms with van der Waals surface area (Å²) in [6.07, 6.45) is 2.83. The van der Waals surface area contributed by atoms with Crippen LogP contribution < -0.4 is 10.6 Å². The van der Waals surface area contributed by atoms with Gasteiger partial charge in [-0.3, -0.25) is 9.59 Å². The summed E-state index contributed by atoms with van der Waals surface area (Å²) in [7, 11) is 0. The van der Waals surface area contributed by atoms with E-state index in [4.69, 9.17) is 4.74 Å². The zero-order valence-electron chi connectivity index (χ0n) is 18.8. The largest absolute Gasteiger partial charge is 0.449 e. The van der Waals surface area contributed by atoms with Gasteiger partial charge in [0, 0.05) is 10.6 Å². The standard InChI is InChI=1S/C25H26FN3O4S/c1-17(23(31)29-25(16-27)13-5-2-6-14-25)33-24(32)20-7-3-4-8-21(20)34-15-22(30)28-19-11-9-18(26)10-12-19/h3-4,7-12,17H,2,5-6,13-15H2,1H3,(H,28,30)(H,29,31). The topological polar surface area (TPSA) is 108 Å². The number of nitrogens with one attached hydrogen (secondary N) is 2. The maximum atomic E-state index is 13.0. The van der Waals surface area contributed by atoms with E-state index >= 15 is 0 Å². The average Bonchev–Trinajstić information content (AvgIpc) is 2.84. The van der Waals surface area contributed by atoms with Crippen LogP contribution in [0.1, 0.15) is 49.4 Å². The Kier molecular flexibility index (Phi) is 8.66. The van der Waals surface area contributed by atoms with E-state index in [9.17, 15) is 24.0 Å². The van der Waals surface area contributed by atoms with Crippen molar-refractivity contribution < 1.29 is 23.5 Å². The van der Waals surface area contributed by atoms with Crippen LogP contribution in [-0.4, -0.2) is 35.2 Å². The fourth-order valence-corrected chi connectivity index (χ4v) is 4.51. The first-order valence-electron chi connectivity index (χ1n) is 11.0. The molecule has 34 heavy (non-hydrogen) atoms. The minimum absolute atomic E-state index is 0.0163. The number of ether oxygens (including phenoxy) is 1. The number of benzene rings is 2. The molecule has 7 nitrogen and oxygen atoms in total. The highest BCUT2D eigenvalue weighted by atomic mass is 32.2. The van der Waals surface area contributed by atoms with E-state index in [-0.39, 0.29) is 17.2 Å². The van der Waals surface area contributed by atoms with Gasteiger partial charge in [0.15, 0.2) is 6.10 Å². The quantitative estimate of drug-likeness (QED) is 0.424. The van der Waals surface area contributed by atoms with Crippen LogP contribution in [0.15, 0.2) is 53.4 Å². The molecule has 2 aromatic carbocycles. The van der Waals surface area contributed by atoms with Gasteiger partial charge in [0.25, 0.3) is 5.91 Å². The number of hydrogen-bond acceptors (Lipinski definition) is 6. The highest BCUT2D eigenvalue weighted by molar-refractivity contribution is 8.00. The van der Waals surface area contributed by atoms with Crippen LogP contribution in [0, 0.1) is 17.1 Å². The Bertz CT molecular complexity index is 1080. The highest BCUT2D eigenvalue weighted by Gasteiger charge is 2.35. The molecule has 0 aromatic heterocycles. The second-order valence-corrected chi connectivity index (χ2v) is 9.15. The van der Waals surface area contributed by atoms with E-state index in [2.05, 4.69) is 16.7 Å². The molecule has 178 valence electrons. The zero-order chi connectivity index (χ0) is 24.6. The second kappa shape index (κ2) is 11.7. The van der Waals surface area contributed by atoms with Crippen molar-refractivity contribution in [3.63, 3.8) is 0 Å². The number of amides is 2. The van der Waals surface area contributed by atoms with Crippen molar-refractivity contribution in [1.29, 1.82) is 5.26 Å². The number of esters is 1. The number of anilines is 1. The van der Waals surface area contributed by atoms with Crippen LogP contribution >= 0.6 is 11.8 Å². The van der Waals surface area contributed by atoms with Crippen molar-refractivity contribution in [1.82, 2.24) is 5.32 Å². The highest BCUT2D eigenvalue weighted by Crippen LogP contribution is 2.28. The summed E-state index contributed by atoms with van der Waals surface area (Å²) in [5.74, 6) is -1.91. The first kappa shape index (κ1) is 25.2. The second-order valence-electron chi connectivity index (χ2n) is 8.13. The molecular weight excluding hydrogens is 457 g/mol. The number of rotatable bonds is 8. The van der Waals surface area contributed by atoms with Crippen molar-refractivity contribution >= 4 is 35.2 Å². The fourth-order valence-electron chi connectivity index (χ4n) is 3.67. The van der Waals surface area contributed by atoms with E-state index in [1.807, 2.05) is 0 Å². The Morgan fingerprint density at radius 3 is 2.47 bits per heavy atom. The van der Waals surface area contributed by atoms with Crippen LogP contribution in [0.5, 0.6) is 0 Å². The first-order chi connectivity index (χ1) is 16.3. The van der Waals surface area contributed by atoms with Crippen molar-refractivity contribution in [2.75, 3.05) is 11.1 Å². The van der Waals surface area contributed by atoms with Crippen LogP contribution in [0.25, 0.3) is 0 Å². The minimum atomic E-state index is -1.08. The lowest BCUT2D eigenvalue weighted by molar-refractivity contribution is -0.130. The van der Waals surface area contributed by atoms with Crippen LogP contribution in [-0.2, 0) is 14.3 Å². The predicted octanol–water partition coefficient (Wildman–Crippen LogP) is 4.44. The van der Waals surface area contributed by atoms with Gasteiger partial charge in [-0.1, -0.05) is 31.4 Å². The molecule has 1 unspecified atom stereocenters. The third-order valence-electron chi connectivity index (χ3n) is 5.53. The lowest BCUT2D eigenvalue weighted by atomic mass is 9.83. The van der Waals surface area contributed by atoms with E-state index < -0.39 is 29.3 Å². The molecule has 2 amide bonds. The van der Waals surface area contributed by atoms with Gasteiger partial charge in [-0.25, -0.2) is 9.18 Å². The van der Waals surface area contributed by atoms with Gasteiger partial charge >= 0.3 is 5.97 Å². The number of nitriles is 1. The Hall–Kier alpha value is -3.38. The SMILES string of the molecule is CC(OC(=O)c1ccccc1SCC(=O)Nc1ccc(F)cc1)C(=O)NC1(C#N)CCCCC1. The molecule has 1 aliphatic rings. The smallest absolute Gasteiger partial charge is 0.340 e. The number of hydrogen-bond donors (Lipinski definition) is 2. The molecular formula is C25H26FN3O4S. The summed E-state index contributed by atoms with van der Waals surface area (Å²) in [4.78, 5) is 38.2. The van der Waals surface area contributed by atoms with E-state index in [1.165, 1.54) is 31.2 Å². The maximum absolute atomic E-state index is 13.0. The predicted molar refractivity (Wildman–Crippen MR) is 127 cm³/mol. The van der Waals surface area contributed by atoms with Crippen LogP contribution in [0.4, 0.5) is 10.1 Å². The molecule has 0 radical (unpaired) electrons. The summed E-state index contributed by atoms with van der Waals surface area (Å²) in [6, 6.07) is 14.3. The molecule has 1 saturated carbocycles. The lowest BCUT2D eigenvalue weighted by Crippen LogP contribution is -2.52. The normalized spacial score (nSPS) is 15.4. The zero-order valence-corrected chi connectivity index (χ0v) is 19.6. The average molecular weight is 484 g/mol. The number of halogens is 1. The van der Waals surface area contributed by atoms with Gasteiger partial charge < -0.3 is 15.4 Å². The summed E-state index contributed by atoms with van der Waals surface area (Å²) >= 11 is 1.14. The van der Waals surface area contributed by atoms with Gasteiger partial charge in [-0.05, 0) is 56.2 Å². The van der Waals surface area contributed by atoms with Gasteiger partial charge in [0.2, 0.25) is 5.91 Å². The van der Waals surface area contributed by atoms with Gasteiger partial charge in [0.05, 0.1) is 17.4 Å². The minimum Gasteiger partial charge on any atom is -0.449 e. The molecule has 0 heterocycles. The van der Waals surface area contributed by atoms with Gasteiger partial charge in [-0.2, -0.15) is 5.26 Å². The molecule has 0 saturated heterocycles. The Morgan fingerprint density at radius 2 is 1.79 bits per heavy atom. The Balaban J connectivity index is 1.57. The third kappa shape index (κ3) is 6.81. The number of carbonyl (C=O) groups excluding carboxylic acids is 3. The maximum Gasteiger partial charge on any atom is 0.340 e. The molecule has 2 aromatic rings. The first-order valence-corrected chi connectivity index (χ1v) is 12.0. The van der Waals surface area contributed by atoms with E-state index in [0.29, 0.717) is 23.4 Å². The van der Waals surface area contributed by atoms with Gasteiger partial charge in [0.1, 0.15) is 11.4 Å². The number of nitrogens with zero attached hydrogens (tertiary/aromatic N) is 1. The van der Waals surface area contributed by atoms with Gasteiger partial charge in [-0.15, -0.1) is 11.8 Å². The van der Waals surface area contributed by atoms with Crippen molar-refractivity contribution in [2.24, 2.45) is 0 Å². The Morgan fingerprint density at radius 1 is 1.12 bits per heavy atom. The molecule has 3 rings (SSSR count). The van der Waals surface area contributed by atoms with Crippen LogP contribution in [0.2, 0.25) is 0 Å². The monoisotopic (exact) mass is 483 g/mol. The summed E-state index contributed by atoms with van der Waals surface area (Å²) in [5, 5.41) is 15.0. The van der Waals surface area contributed by atoms with Crippen LogP contribution in [0.3, 0.4) is 0 Å². The molecule has 0 aliphatic heterocycles. The van der Waals surface area contributed by atoms with E-state index in [0.717, 1.165) is 31.0 Å². The number of thioether (sulfide) groups is 1. The molecule has 2 N–H and O–H groups in total. The van der Waals surface area contributed by atoms with Crippen molar-refractivity contribution in [3.8, 4) is 6.07 Å². The number of carbonyl (C=O) groups is 3. The summed E-state index contributed by atoms with van der Waals surface area (Å²) in [6.45, 7) is 1.47.